The number of hydrogen-bond donors (Lipinski definition) is 1. The topological polar surface area (TPSA) is 72.8 Å². The van der Waals surface area contributed by atoms with Crippen LogP contribution in [-0.4, -0.2) is 30.3 Å². The highest BCUT2D eigenvalue weighted by molar-refractivity contribution is 5.94. The number of rotatable bonds is 6. The van der Waals surface area contributed by atoms with Gasteiger partial charge >= 0.3 is 11.9 Å². The summed E-state index contributed by atoms with van der Waals surface area (Å²) >= 11 is 0. The predicted molar refractivity (Wildman–Crippen MR) is 59.8 cm³/mol. The summed E-state index contributed by atoms with van der Waals surface area (Å²) in [5.74, 6) is -1.67. The molecule has 0 spiro atoms. The Kier molecular flexibility index (Phi) is 4.75. The fourth-order valence-corrected chi connectivity index (χ4v) is 1.13. The molecule has 0 saturated carbocycles. The minimum Gasteiger partial charge on any atom is -0.498 e. The van der Waals surface area contributed by atoms with Crippen LogP contribution in [0.3, 0.4) is 0 Å². The minimum absolute atomic E-state index is 0.0433. The number of carboxylic acids is 1. The van der Waals surface area contributed by atoms with E-state index in [-0.39, 0.29) is 24.3 Å². The van der Waals surface area contributed by atoms with E-state index in [2.05, 4.69) is 6.58 Å². The molecule has 0 radical (unpaired) electrons. The number of benzene rings is 1. The molecule has 1 aromatic carbocycles. The van der Waals surface area contributed by atoms with Gasteiger partial charge in [0, 0.05) is 0 Å². The fraction of sp³-hybridized carbons (Fsp3) is 0.167. The normalized spacial score (nSPS) is 9.41. The fourth-order valence-electron chi connectivity index (χ4n) is 1.13. The molecule has 0 aromatic heterocycles. The van der Waals surface area contributed by atoms with E-state index in [0.29, 0.717) is 0 Å². The van der Waals surface area contributed by atoms with Gasteiger partial charge in [-0.2, -0.15) is 0 Å². The van der Waals surface area contributed by atoms with Gasteiger partial charge in [-0.3, -0.25) is 0 Å². The zero-order valence-electron chi connectivity index (χ0n) is 9.09. The SMILES string of the molecule is C=COCCOC(=O)c1cccc(C(=O)O)c1. The molecule has 0 unspecified atom stereocenters. The predicted octanol–water partition coefficient (Wildman–Crippen LogP) is 1.70. The molecule has 0 aliphatic rings. The lowest BCUT2D eigenvalue weighted by Gasteiger charge is -2.05. The summed E-state index contributed by atoms with van der Waals surface area (Å²) in [5, 5.41) is 8.75. The third-order valence-corrected chi connectivity index (χ3v) is 1.90. The maximum absolute atomic E-state index is 11.5. The van der Waals surface area contributed by atoms with Gasteiger partial charge in [-0.1, -0.05) is 12.6 Å². The summed E-state index contributed by atoms with van der Waals surface area (Å²) in [6, 6.07) is 5.64. The van der Waals surface area contributed by atoms with Gasteiger partial charge in [0.25, 0.3) is 0 Å². The number of aromatic carboxylic acids is 1. The third kappa shape index (κ3) is 3.98. The molecule has 90 valence electrons. The molecule has 0 atom stereocenters. The largest absolute Gasteiger partial charge is 0.498 e. The molecule has 1 rings (SSSR count). The summed E-state index contributed by atoms with van der Waals surface area (Å²) in [5.41, 5.74) is 0.241. The second-order valence-corrected chi connectivity index (χ2v) is 3.06. The van der Waals surface area contributed by atoms with Crippen LogP contribution in [0.1, 0.15) is 20.7 Å². The van der Waals surface area contributed by atoms with Crippen LogP contribution in [0.4, 0.5) is 0 Å². The van der Waals surface area contributed by atoms with Gasteiger partial charge in [-0.15, -0.1) is 0 Å². The smallest absolute Gasteiger partial charge is 0.338 e. The van der Waals surface area contributed by atoms with Gasteiger partial charge in [0.1, 0.15) is 13.2 Å². The molecule has 5 heteroatoms. The van der Waals surface area contributed by atoms with Crippen molar-refractivity contribution in [3.63, 3.8) is 0 Å². The number of carbonyl (C=O) groups is 2. The van der Waals surface area contributed by atoms with E-state index in [1.165, 1.54) is 30.5 Å². The van der Waals surface area contributed by atoms with Crippen LogP contribution in [0.2, 0.25) is 0 Å². The van der Waals surface area contributed by atoms with Crippen LogP contribution < -0.4 is 0 Å². The van der Waals surface area contributed by atoms with Gasteiger partial charge in [-0.25, -0.2) is 9.59 Å². The minimum atomic E-state index is -1.09. The van der Waals surface area contributed by atoms with Gasteiger partial charge in [0.2, 0.25) is 0 Å². The molecule has 0 heterocycles. The van der Waals surface area contributed by atoms with E-state index in [9.17, 15) is 9.59 Å². The lowest BCUT2D eigenvalue weighted by molar-refractivity contribution is 0.0421. The standard InChI is InChI=1S/C12H12O5/c1-2-16-6-7-17-12(15)10-5-3-4-9(8-10)11(13)14/h2-5,8H,1,6-7H2,(H,13,14). The maximum Gasteiger partial charge on any atom is 0.338 e. The quantitative estimate of drug-likeness (QED) is 0.462. The van der Waals surface area contributed by atoms with Gasteiger partial charge in [0.15, 0.2) is 0 Å². The summed E-state index contributed by atoms with van der Waals surface area (Å²) in [7, 11) is 0. The van der Waals surface area contributed by atoms with Crippen molar-refractivity contribution in [3.05, 3.63) is 48.2 Å². The molecule has 0 bridgehead atoms. The van der Waals surface area contributed by atoms with Crippen molar-refractivity contribution in [1.29, 1.82) is 0 Å². The average Bonchev–Trinajstić information content (AvgIpc) is 2.34. The lowest BCUT2D eigenvalue weighted by atomic mass is 10.1. The molecule has 5 nitrogen and oxygen atoms in total. The molecule has 0 fully saturated rings. The zero-order valence-corrected chi connectivity index (χ0v) is 9.09. The molecule has 0 amide bonds. The van der Waals surface area contributed by atoms with Crippen LogP contribution in [0.15, 0.2) is 37.1 Å². The van der Waals surface area contributed by atoms with Crippen LogP contribution in [-0.2, 0) is 9.47 Å². The van der Waals surface area contributed by atoms with Crippen molar-refractivity contribution in [1.82, 2.24) is 0 Å². The summed E-state index contributed by atoms with van der Waals surface area (Å²) in [6.45, 7) is 3.64. The van der Waals surface area contributed by atoms with E-state index in [0.717, 1.165) is 0 Å². The molecule has 0 aliphatic heterocycles. The summed E-state index contributed by atoms with van der Waals surface area (Å²) < 4.78 is 9.63. The molecule has 17 heavy (non-hydrogen) atoms. The molecule has 1 aromatic rings. The van der Waals surface area contributed by atoms with Crippen molar-refractivity contribution in [2.75, 3.05) is 13.2 Å². The number of carboxylic acid groups (broad SMARTS) is 1. The van der Waals surface area contributed by atoms with Gasteiger partial charge in [-0.05, 0) is 18.2 Å². The maximum atomic E-state index is 11.5. The highest BCUT2D eigenvalue weighted by atomic mass is 16.6. The van der Waals surface area contributed by atoms with E-state index >= 15 is 0 Å². The first-order valence-electron chi connectivity index (χ1n) is 4.88. The van der Waals surface area contributed by atoms with Crippen LogP contribution >= 0.6 is 0 Å². The van der Waals surface area contributed by atoms with E-state index in [4.69, 9.17) is 14.6 Å². The Labute approximate surface area is 98.3 Å². The lowest BCUT2D eigenvalue weighted by Crippen LogP contribution is -2.10. The number of hydrogen-bond acceptors (Lipinski definition) is 4. The Bertz CT molecular complexity index is 425. The first-order valence-corrected chi connectivity index (χ1v) is 4.88. The highest BCUT2D eigenvalue weighted by Gasteiger charge is 2.10. The zero-order chi connectivity index (χ0) is 12.7. The van der Waals surface area contributed by atoms with Crippen molar-refractivity contribution in [3.8, 4) is 0 Å². The second kappa shape index (κ2) is 6.32. The van der Waals surface area contributed by atoms with E-state index in [1.54, 1.807) is 0 Å². The van der Waals surface area contributed by atoms with Gasteiger partial charge in [0.05, 0.1) is 17.4 Å². The van der Waals surface area contributed by atoms with Crippen LogP contribution in [0.5, 0.6) is 0 Å². The molecule has 0 saturated heterocycles. The van der Waals surface area contributed by atoms with Crippen LogP contribution in [0, 0.1) is 0 Å². The van der Waals surface area contributed by atoms with E-state index in [1.807, 2.05) is 0 Å². The Morgan fingerprint density at radius 3 is 2.65 bits per heavy atom. The number of carbonyl (C=O) groups excluding carboxylic acids is 1. The van der Waals surface area contributed by atoms with Crippen molar-refractivity contribution >= 4 is 11.9 Å². The molecule has 1 N–H and O–H groups in total. The summed E-state index contributed by atoms with van der Waals surface area (Å²) in [4.78, 5) is 22.2. The Hall–Kier alpha value is -2.30. The molecular formula is C12H12O5. The van der Waals surface area contributed by atoms with Crippen molar-refractivity contribution < 1.29 is 24.2 Å². The van der Waals surface area contributed by atoms with Crippen molar-refractivity contribution in [2.24, 2.45) is 0 Å². The second-order valence-electron chi connectivity index (χ2n) is 3.06. The number of ether oxygens (including phenoxy) is 2. The number of esters is 1. The summed E-state index contributed by atoms with van der Waals surface area (Å²) in [6.07, 6.45) is 1.25. The van der Waals surface area contributed by atoms with E-state index < -0.39 is 11.9 Å². The van der Waals surface area contributed by atoms with Crippen molar-refractivity contribution in [2.45, 2.75) is 0 Å². The Morgan fingerprint density at radius 2 is 2.00 bits per heavy atom. The van der Waals surface area contributed by atoms with Crippen LogP contribution in [0.25, 0.3) is 0 Å². The third-order valence-electron chi connectivity index (χ3n) is 1.90. The first kappa shape index (κ1) is 12.8. The first-order chi connectivity index (χ1) is 8.15. The average molecular weight is 236 g/mol. The molecule has 0 aliphatic carbocycles. The highest BCUT2D eigenvalue weighted by Crippen LogP contribution is 2.06. The Balaban J connectivity index is 2.59. The monoisotopic (exact) mass is 236 g/mol. The van der Waals surface area contributed by atoms with Gasteiger partial charge < -0.3 is 14.6 Å². The Morgan fingerprint density at radius 1 is 1.29 bits per heavy atom. The molecular weight excluding hydrogens is 224 g/mol.